The Hall–Kier alpha value is -11.2. The first kappa shape index (κ1) is 116. The molecule has 0 saturated carbocycles. The van der Waals surface area contributed by atoms with E-state index in [9.17, 15) is 58.6 Å². The molecule has 1 N–H and O–H groups in total. The third-order valence-corrected chi connectivity index (χ3v) is 33.2. The number of pyridine rings is 1. The van der Waals surface area contributed by atoms with Crippen LogP contribution in [0, 0.1) is 0 Å². The minimum Gasteiger partial charge on any atom is -0.861 e. The zero-order valence-corrected chi connectivity index (χ0v) is 94.3. The molecule has 147 heavy (non-hydrogen) atoms. The van der Waals surface area contributed by atoms with Crippen molar-refractivity contribution in [1.82, 2.24) is 9.71 Å². The first-order valence-electron chi connectivity index (χ1n) is 44.6. The van der Waals surface area contributed by atoms with Crippen molar-refractivity contribution in [3.05, 3.63) is 457 Å². The molecule has 5 aromatic heterocycles. The van der Waals surface area contributed by atoms with E-state index in [0.717, 1.165) is 153 Å². The molecule has 0 aliphatic rings. The molecule has 17 rings (SSSR count). The molecule has 1 amide bonds. The van der Waals surface area contributed by atoms with Crippen molar-refractivity contribution in [1.29, 1.82) is 0 Å². The second-order valence-electron chi connectivity index (χ2n) is 31.6. The number of ether oxygens (including phenoxy) is 3. The molecule has 1 atom stereocenters. The van der Waals surface area contributed by atoms with Crippen LogP contribution in [0.3, 0.4) is 0 Å². The van der Waals surface area contributed by atoms with Gasteiger partial charge in [0.1, 0.15) is 41.0 Å². The van der Waals surface area contributed by atoms with Crippen LogP contribution < -0.4 is 118 Å². The number of carbonyl (C=O) groups is 2. The number of fused-ring (bicyclic) bond motifs is 1. The van der Waals surface area contributed by atoms with E-state index >= 15 is 0 Å². The minimum absolute atomic E-state index is 0. The van der Waals surface area contributed by atoms with Crippen LogP contribution >= 0.6 is 80.1 Å². The van der Waals surface area contributed by atoms with Crippen LogP contribution in [0.5, 0.6) is 11.5 Å². The number of Topliss-reactive ketones (excluding diaryl/α,β-unsaturated/α-hetero) is 1. The van der Waals surface area contributed by atoms with Gasteiger partial charge in [-0.05, 0) is 258 Å². The summed E-state index contributed by atoms with van der Waals surface area (Å²) in [6.07, 6.45) is 11.7. The zero-order valence-electron chi connectivity index (χ0n) is 79.5. The van der Waals surface area contributed by atoms with E-state index in [2.05, 4.69) is 54.6 Å². The number of rotatable bonds is 37. The smallest absolute Gasteiger partial charge is 0.861 e. The Kier molecular flexibility index (Phi) is 45.5. The van der Waals surface area contributed by atoms with Crippen LogP contribution in [0.1, 0.15) is 80.4 Å². The number of ketones is 1. The summed E-state index contributed by atoms with van der Waals surface area (Å²) < 4.78 is 129. The number of halogens is 3. The number of sulfonamides is 4. The third kappa shape index (κ3) is 35.2. The van der Waals surface area contributed by atoms with E-state index in [1.165, 1.54) is 42.0 Å². The summed E-state index contributed by atoms with van der Waals surface area (Å²) in [6.45, 7) is 0.893. The Morgan fingerprint density at radius 1 is 0.408 bits per heavy atom. The van der Waals surface area contributed by atoms with Gasteiger partial charge in [-0.2, -0.15) is 38.4 Å². The average molecular weight is 2190 g/mol. The van der Waals surface area contributed by atoms with Crippen molar-refractivity contribution in [2.75, 3.05) is 19.8 Å². The van der Waals surface area contributed by atoms with E-state index in [-0.39, 0.29) is 137 Å². The summed E-state index contributed by atoms with van der Waals surface area (Å²) in [5.74, 6) is -1.78. The number of carbonyl (C=O) groups excluding carboxylic acids is 2. The van der Waals surface area contributed by atoms with Crippen LogP contribution in [-0.2, 0) is 68.9 Å². The van der Waals surface area contributed by atoms with Crippen LogP contribution in [0.15, 0.2) is 422 Å². The van der Waals surface area contributed by atoms with Gasteiger partial charge in [0, 0.05) is 34.6 Å². The molecule has 35 heteroatoms. The van der Waals surface area contributed by atoms with Gasteiger partial charge in [-0.15, -0.1) is 45.3 Å². The molecule has 1 unspecified atom stereocenters. The number of nitrogens with zero attached hydrogens (tertiary/aromatic N) is 4. The van der Waals surface area contributed by atoms with Gasteiger partial charge in [-0.25, -0.2) is 18.1 Å². The van der Waals surface area contributed by atoms with Crippen molar-refractivity contribution in [3.8, 4) is 56.0 Å². The van der Waals surface area contributed by atoms with Gasteiger partial charge in [-0.1, -0.05) is 320 Å². The summed E-state index contributed by atoms with van der Waals surface area (Å²) in [7, 11) is -15.8. The van der Waals surface area contributed by atoms with Gasteiger partial charge in [0.25, 0.3) is 46.0 Å². The molecule has 12 aromatic carbocycles. The molecule has 5 heterocycles. The molecular weight excluding hydrogens is 2100 g/mol. The fourth-order valence-electron chi connectivity index (χ4n) is 14.6. The number of hydrogen-bond donors (Lipinski definition) is 1. The third-order valence-electron chi connectivity index (χ3n) is 21.5. The quantitative estimate of drug-likeness (QED) is 0.00944. The number of amides is 1. The molecule has 0 saturated heterocycles. The normalized spacial score (nSPS) is 12.0. The van der Waals surface area contributed by atoms with Gasteiger partial charge in [0.2, 0.25) is 0 Å². The molecule has 0 spiro atoms. The largest absolute Gasteiger partial charge is 1.00 e. The van der Waals surface area contributed by atoms with Gasteiger partial charge < -0.3 is 29.5 Å². The second-order valence-corrected chi connectivity index (χ2v) is 44.1. The number of nitrogens with one attached hydrogen (secondary N) is 1. The Labute approximate surface area is 952 Å². The number of aromatic nitrogens is 1. The monoisotopic (exact) mass is 2190 g/mol. The first-order chi connectivity index (χ1) is 69.6. The summed E-state index contributed by atoms with van der Waals surface area (Å²) in [5, 5.41) is 46.1. The summed E-state index contributed by atoms with van der Waals surface area (Å²) in [5.41, 5.74) is 16.0. The van der Waals surface area contributed by atoms with Crippen molar-refractivity contribution in [2.45, 2.75) is 61.5 Å². The maximum absolute atomic E-state index is 12.5. The molecular formula is C112H89Cl3N5Na3O16S8. The van der Waals surface area contributed by atoms with Crippen molar-refractivity contribution >= 4 is 185 Å². The minimum atomic E-state index is -4.01. The Bertz CT molecular complexity index is 7960. The number of aryl methyl sites for hydroxylation is 3. The number of hydrogen-bond acceptors (Lipinski definition) is 21. The fraction of sp³-hybridized carbons (Fsp3) is 0.0893. The van der Waals surface area contributed by atoms with Crippen LogP contribution in [0.25, 0.3) is 79.7 Å². The maximum atomic E-state index is 12.5. The van der Waals surface area contributed by atoms with E-state index < -0.39 is 63.7 Å². The van der Waals surface area contributed by atoms with E-state index in [1.54, 1.807) is 100 Å². The van der Waals surface area contributed by atoms with Gasteiger partial charge in [-0.3, -0.25) is 9.59 Å². The Balaban J connectivity index is 0.000000187. The SMILES string of the molecule is O=C(/C=C/c1ccccc1-c1ccc(Cl)c(Cl)c1)NS(=O)(=O)c1cccs1.O=C(COc1cccc(-c2ccccc2CCC([O-])=NS(=O)(=O)c2cccs2)c1)c1ccccc1.O=S(=O)(N=C([O-])/C=C/c1ccccc1-c1cccc(/C=C/c2ccc3ccc(Cl)cc3n2)c1)c1cccs1.O=S(=O)(N=C([O-])CCc1ccccc1-c1cccc(OCC(OCCCc2ccccc2)c2ccccc2)c1)c1cccs1.[Na+].[Na+].[Na+]. The first-order valence-corrected chi connectivity index (χ1v) is 55.1. The maximum Gasteiger partial charge on any atom is 1.00 e. The van der Waals surface area contributed by atoms with Crippen LogP contribution in [0.2, 0.25) is 15.1 Å². The van der Waals surface area contributed by atoms with Crippen molar-refractivity contribution in [2.24, 2.45) is 13.2 Å². The van der Waals surface area contributed by atoms with Crippen LogP contribution in [-0.4, -0.2) is 87.9 Å². The summed E-state index contributed by atoms with van der Waals surface area (Å²) >= 11 is 22.3. The molecule has 0 aliphatic carbocycles. The molecule has 0 bridgehead atoms. The molecule has 730 valence electrons. The summed E-state index contributed by atoms with van der Waals surface area (Å²) in [4.78, 5) is 29.1. The van der Waals surface area contributed by atoms with E-state index in [4.69, 9.17) is 49.0 Å². The number of thiophene rings is 4. The van der Waals surface area contributed by atoms with E-state index in [0.29, 0.717) is 58.2 Å². The zero-order chi connectivity index (χ0) is 101. The summed E-state index contributed by atoms with van der Waals surface area (Å²) in [6, 6.07) is 110. The van der Waals surface area contributed by atoms with E-state index in [1.807, 2.05) is 247 Å². The average Bonchev–Trinajstić information content (AvgIpc) is 1.09. The van der Waals surface area contributed by atoms with Gasteiger partial charge in [0.15, 0.2) is 12.4 Å². The number of benzene rings is 12. The topological polar surface area (TPSA) is 330 Å². The van der Waals surface area contributed by atoms with Gasteiger partial charge in [0.05, 0.1) is 21.3 Å². The van der Waals surface area contributed by atoms with Crippen molar-refractivity contribution in [3.63, 3.8) is 0 Å². The molecule has 21 nitrogen and oxygen atoms in total. The standard InChI is InChI=1S/C36H35NO5S2.C30H21ClN2O3S2.C27H23NO5S2.C19H13Cl2NO3S2.3Na/c38-35(37-44(39,40)36-21-11-25-43-36)23-22-29-15-7-8-20-33(29)31-18-9-19-32(26-31)42-27-34(30-16-5-2-6-17-30)41-24-10-14-28-12-3-1-4-13-28;31-25-14-11-23-12-16-26(32-28(23)20-25)15-10-21-5-3-7-24(19-21)27-8-2-1-6-22(27)13-17-29(34)33-38(35,36)30-9-4-18-37-30;29-25(21-9-2-1-3-10-21)19-33-23-12-6-11-22(18-23)24-13-5-4-8-20(24)15-16-26(30)28-35(31,32)27-14-7-17-34-27;20-16-9-7-14(12-17(16)21)15-5-2-1-4-13(15)8-10-18(23)22-27(24,25)19-6-3-11-26-19;;;/h1-9,11-13,15-21,25-26,34H,10,14,22-24,27H2,(H,37,38);1-20H,(H,33,34);1-14,17-18H,15-16,19H2,(H,28,30);1-12H,(H,22,23);;;/q;;;;3*+1/p-3/b;15-10+,17-13+;;10-8+;;;. The van der Waals surface area contributed by atoms with Crippen LogP contribution in [0.4, 0.5) is 0 Å². The molecule has 0 radical (unpaired) electrons. The molecule has 0 aliphatic heterocycles. The van der Waals surface area contributed by atoms with Gasteiger partial charge >= 0.3 is 88.7 Å². The predicted molar refractivity (Wildman–Crippen MR) is 576 cm³/mol. The predicted octanol–water partition coefficient (Wildman–Crippen LogP) is 15.2. The molecule has 17 aromatic rings. The molecule has 0 fully saturated rings. The second kappa shape index (κ2) is 57.6. The Morgan fingerprint density at radius 3 is 1.42 bits per heavy atom. The fourth-order valence-corrected chi connectivity index (χ4v) is 22.7. The van der Waals surface area contributed by atoms with Crippen molar-refractivity contribution < 1.29 is 161 Å². The Morgan fingerprint density at radius 2 is 0.878 bits per heavy atom.